The smallest absolute Gasteiger partial charge is 0.136 e. The molecular formula is C23H21ClN4. The lowest BCUT2D eigenvalue weighted by molar-refractivity contribution is 0.723. The first-order chi connectivity index (χ1) is 13.7. The summed E-state index contributed by atoms with van der Waals surface area (Å²) in [5.74, 6) is 3.99. The lowest BCUT2D eigenvalue weighted by Gasteiger charge is -2.30. The zero-order chi connectivity index (χ0) is 18.7. The van der Waals surface area contributed by atoms with E-state index >= 15 is 0 Å². The van der Waals surface area contributed by atoms with Crippen molar-refractivity contribution in [3.63, 3.8) is 0 Å². The first-order valence-corrected chi connectivity index (χ1v) is 10.4. The van der Waals surface area contributed by atoms with Crippen LogP contribution in [-0.4, -0.2) is 16.5 Å². The molecule has 0 radical (unpaired) electrons. The van der Waals surface area contributed by atoms with Crippen LogP contribution < -0.4 is 10.2 Å². The molecule has 2 bridgehead atoms. The summed E-state index contributed by atoms with van der Waals surface area (Å²) in [7, 11) is 0. The number of rotatable bonds is 4. The quantitative estimate of drug-likeness (QED) is 0.613. The van der Waals surface area contributed by atoms with Gasteiger partial charge in [0.2, 0.25) is 0 Å². The number of aromatic nitrogens is 2. The molecule has 2 atom stereocenters. The van der Waals surface area contributed by atoms with E-state index in [1.165, 1.54) is 30.4 Å². The monoisotopic (exact) mass is 388 g/mol. The van der Waals surface area contributed by atoms with Crippen LogP contribution in [0.2, 0.25) is 5.02 Å². The van der Waals surface area contributed by atoms with Gasteiger partial charge in [-0.15, -0.1) is 0 Å². The predicted molar refractivity (Wildman–Crippen MR) is 113 cm³/mol. The molecular weight excluding hydrogens is 368 g/mol. The molecule has 3 aromatic rings. The van der Waals surface area contributed by atoms with E-state index < -0.39 is 0 Å². The molecule has 0 amide bonds. The Kier molecular flexibility index (Phi) is 3.63. The molecule has 2 aromatic carbocycles. The highest BCUT2D eigenvalue weighted by Gasteiger charge is 2.43. The lowest BCUT2D eigenvalue weighted by Crippen LogP contribution is -2.28. The van der Waals surface area contributed by atoms with Gasteiger partial charge >= 0.3 is 0 Å². The van der Waals surface area contributed by atoms with Crippen molar-refractivity contribution in [1.29, 1.82) is 0 Å². The van der Waals surface area contributed by atoms with Crippen molar-refractivity contribution in [2.24, 2.45) is 0 Å². The molecule has 0 unspecified atom stereocenters. The highest BCUT2D eigenvalue weighted by Crippen LogP contribution is 2.51. The summed E-state index contributed by atoms with van der Waals surface area (Å²) >= 11 is 6.15. The zero-order valence-corrected chi connectivity index (χ0v) is 16.2. The average molecular weight is 389 g/mol. The summed E-state index contributed by atoms with van der Waals surface area (Å²) in [6.07, 6.45) is 3.57. The standard InChI is InChI=1S/C23H21ClN4/c24-16-4-3-5-17(11-16)25-21-12-22(27-23(26-21)14-8-9-14)28-13-15-10-20(28)19-7-2-1-6-18(15)19/h1-7,11-12,14-15,20H,8-10,13H2,(H,25,26,27)/t15-,20+/m1/s1. The number of benzene rings is 2. The number of nitrogens with one attached hydrogen (secondary N) is 1. The van der Waals surface area contributed by atoms with Crippen molar-refractivity contribution >= 4 is 28.9 Å². The van der Waals surface area contributed by atoms with Crippen molar-refractivity contribution in [2.45, 2.75) is 37.1 Å². The first-order valence-electron chi connectivity index (χ1n) is 10.0. The van der Waals surface area contributed by atoms with Gasteiger partial charge in [0, 0.05) is 35.2 Å². The number of anilines is 3. The first kappa shape index (κ1) is 16.4. The average Bonchev–Trinajstić information content (AvgIpc) is 3.38. The maximum Gasteiger partial charge on any atom is 0.136 e. The fourth-order valence-electron chi connectivity index (χ4n) is 4.70. The number of hydrogen-bond donors (Lipinski definition) is 1. The normalized spacial score (nSPS) is 22.4. The van der Waals surface area contributed by atoms with Gasteiger partial charge in [0.1, 0.15) is 17.5 Å². The molecule has 2 heterocycles. The van der Waals surface area contributed by atoms with Gasteiger partial charge in [-0.2, -0.15) is 0 Å². The third kappa shape index (κ3) is 2.75. The lowest BCUT2D eigenvalue weighted by atomic mass is 9.99. The molecule has 2 aliphatic carbocycles. The fourth-order valence-corrected chi connectivity index (χ4v) is 4.89. The Bertz CT molecular complexity index is 1060. The Morgan fingerprint density at radius 3 is 2.61 bits per heavy atom. The van der Waals surface area contributed by atoms with Gasteiger partial charge in [0.25, 0.3) is 0 Å². The molecule has 0 spiro atoms. The van der Waals surface area contributed by atoms with Crippen molar-refractivity contribution in [3.8, 4) is 0 Å². The maximum absolute atomic E-state index is 6.15. The Balaban J connectivity index is 1.37. The molecule has 1 saturated carbocycles. The Labute approximate surface area is 169 Å². The summed E-state index contributed by atoms with van der Waals surface area (Å²) in [4.78, 5) is 12.3. The second kappa shape index (κ2) is 6.21. The van der Waals surface area contributed by atoms with Crippen molar-refractivity contribution < 1.29 is 0 Å². The van der Waals surface area contributed by atoms with E-state index in [1.54, 1.807) is 0 Å². The highest BCUT2D eigenvalue weighted by atomic mass is 35.5. The Morgan fingerprint density at radius 1 is 0.929 bits per heavy atom. The van der Waals surface area contributed by atoms with Crippen molar-refractivity contribution in [1.82, 2.24) is 9.97 Å². The van der Waals surface area contributed by atoms with Crippen LogP contribution in [0.3, 0.4) is 0 Å². The SMILES string of the molecule is Clc1cccc(Nc2cc(N3C[C@H]4C[C@H]3c3ccccc34)nc(C3CC3)n2)c1. The third-order valence-electron chi connectivity index (χ3n) is 6.16. The minimum absolute atomic E-state index is 0.433. The number of halogens is 1. The molecule has 2 fully saturated rings. The van der Waals surface area contributed by atoms with Crippen LogP contribution in [-0.2, 0) is 0 Å². The number of hydrogen-bond acceptors (Lipinski definition) is 4. The van der Waals surface area contributed by atoms with E-state index in [2.05, 4.69) is 40.5 Å². The highest BCUT2D eigenvalue weighted by molar-refractivity contribution is 6.30. The number of fused-ring (bicyclic) bond motifs is 5. The molecule has 28 heavy (non-hydrogen) atoms. The van der Waals surface area contributed by atoms with Crippen LogP contribution in [0.15, 0.2) is 54.6 Å². The second-order valence-corrected chi connectivity index (χ2v) is 8.55. The van der Waals surface area contributed by atoms with Gasteiger partial charge in [-0.05, 0) is 48.6 Å². The second-order valence-electron chi connectivity index (χ2n) is 8.11. The molecule has 5 heteroatoms. The predicted octanol–water partition coefficient (Wildman–Crippen LogP) is 5.80. The van der Waals surface area contributed by atoms with Gasteiger partial charge in [-0.3, -0.25) is 0 Å². The van der Waals surface area contributed by atoms with E-state index in [0.29, 0.717) is 17.9 Å². The number of nitrogens with zero attached hydrogens (tertiary/aromatic N) is 3. The summed E-state index contributed by atoms with van der Waals surface area (Å²) in [5, 5.41) is 4.15. The van der Waals surface area contributed by atoms with E-state index in [-0.39, 0.29) is 0 Å². The fraction of sp³-hybridized carbons (Fsp3) is 0.304. The van der Waals surface area contributed by atoms with Crippen LogP contribution >= 0.6 is 11.6 Å². The molecule has 1 N–H and O–H groups in total. The summed E-state index contributed by atoms with van der Waals surface area (Å²) in [5.41, 5.74) is 3.94. The van der Waals surface area contributed by atoms with E-state index in [1.807, 2.05) is 24.3 Å². The Hall–Kier alpha value is -2.59. The molecule has 1 saturated heterocycles. The maximum atomic E-state index is 6.15. The van der Waals surface area contributed by atoms with E-state index in [0.717, 1.165) is 34.7 Å². The van der Waals surface area contributed by atoms with Gasteiger partial charge in [-0.1, -0.05) is 41.9 Å². The van der Waals surface area contributed by atoms with Gasteiger partial charge in [0.05, 0.1) is 6.04 Å². The minimum atomic E-state index is 0.433. The molecule has 140 valence electrons. The topological polar surface area (TPSA) is 41.0 Å². The van der Waals surface area contributed by atoms with Crippen LogP contribution in [0.25, 0.3) is 0 Å². The Morgan fingerprint density at radius 2 is 1.79 bits per heavy atom. The summed E-state index contributed by atoms with van der Waals surface area (Å²) in [6, 6.07) is 19.2. The van der Waals surface area contributed by atoms with Crippen LogP contribution in [0.5, 0.6) is 0 Å². The van der Waals surface area contributed by atoms with Gasteiger partial charge in [0.15, 0.2) is 0 Å². The largest absolute Gasteiger partial charge is 0.349 e. The molecule has 1 aliphatic heterocycles. The zero-order valence-electron chi connectivity index (χ0n) is 15.5. The molecule has 4 nitrogen and oxygen atoms in total. The van der Waals surface area contributed by atoms with Gasteiger partial charge < -0.3 is 10.2 Å². The van der Waals surface area contributed by atoms with Gasteiger partial charge in [-0.25, -0.2) is 9.97 Å². The van der Waals surface area contributed by atoms with Crippen LogP contribution in [0.4, 0.5) is 17.3 Å². The summed E-state index contributed by atoms with van der Waals surface area (Å²) in [6.45, 7) is 1.04. The van der Waals surface area contributed by atoms with Crippen LogP contribution in [0.1, 0.15) is 54.1 Å². The summed E-state index contributed by atoms with van der Waals surface area (Å²) < 4.78 is 0. The van der Waals surface area contributed by atoms with Crippen molar-refractivity contribution in [3.05, 3.63) is 76.6 Å². The molecule has 3 aliphatic rings. The van der Waals surface area contributed by atoms with E-state index in [4.69, 9.17) is 21.6 Å². The molecule has 6 rings (SSSR count). The van der Waals surface area contributed by atoms with E-state index in [9.17, 15) is 0 Å². The van der Waals surface area contributed by atoms with Crippen molar-refractivity contribution in [2.75, 3.05) is 16.8 Å². The molecule has 1 aromatic heterocycles. The third-order valence-corrected chi connectivity index (χ3v) is 6.39. The van der Waals surface area contributed by atoms with Crippen LogP contribution in [0, 0.1) is 0 Å². The minimum Gasteiger partial charge on any atom is -0.349 e.